The van der Waals surface area contributed by atoms with Crippen LogP contribution in [-0.4, -0.2) is 21.4 Å². The van der Waals surface area contributed by atoms with E-state index in [0.29, 0.717) is 28.0 Å². The molecule has 0 fully saturated rings. The van der Waals surface area contributed by atoms with Crippen LogP contribution in [0.15, 0.2) is 145 Å². The topological polar surface area (TPSA) is 65.7 Å². The van der Waals surface area contributed by atoms with Crippen molar-refractivity contribution < 1.29 is 31.3 Å². The first kappa shape index (κ1) is 28.2. The predicted molar refractivity (Wildman–Crippen MR) is 181 cm³/mol. The summed E-state index contributed by atoms with van der Waals surface area (Å²) in [6.07, 6.45) is 1.70. The number of pyridine rings is 1. The summed E-state index contributed by atoms with van der Waals surface area (Å²) in [4.78, 5) is 9.63. The van der Waals surface area contributed by atoms with Gasteiger partial charge in [-0.25, -0.2) is 4.98 Å². The van der Waals surface area contributed by atoms with Gasteiger partial charge in [-0.2, -0.15) is 0 Å². The van der Waals surface area contributed by atoms with Crippen molar-refractivity contribution in [3.8, 4) is 45.0 Å². The average Bonchev–Trinajstić information content (AvgIpc) is 3.54. The molecule has 7 aromatic rings. The van der Waals surface area contributed by atoms with E-state index in [4.69, 9.17) is 9.98 Å². The van der Waals surface area contributed by atoms with Crippen molar-refractivity contribution in [2.45, 2.75) is 5.41 Å². The Morgan fingerprint density at radius 2 is 1.11 bits per heavy atom. The summed E-state index contributed by atoms with van der Waals surface area (Å²) < 4.78 is 0. The van der Waals surface area contributed by atoms with Crippen LogP contribution in [0, 0.1) is 0 Å². The third-order valence-corrected chi connectivity index (χ3v) is 9.36. The molecule has 2 N–H and O–H groups in total. The maximum atomic E-state index is 11.5. The SMILES string of the molecule is Oc1cc2c(cc1-c1cccc(C=Nc3cccc4cccc(O)c34)n1)C1(c3ccccc3-c3ccccc31)c1ccccc1-2.[Pt]. The number of hydrogen-bond acceptors (Lipinski definition) is 4. The molecule has 2 aliphatic rings. The molecule has 0 amide bonds. The first-order chi connectivity index (χ1) is 22.1. The molecule has 1 heterocycles. The first-order valence-corrected chi connectivity index (χ1v) is 15.0. The standard InChI is InChI=1S/C41H26N2O2.Pt/c44-38-21-8-11-25-10-7-20-37(40(25)38)42-24-26-12-9-19-36(43-26)31-22-35-30(23-39(31)45)29-15-3-6-18-34(29)41(35)32-16-4-1-13-27(32)28-14-2-5-17-33(28)41;/h1-24,44-45H;. The van der Waals surface area contributed by atoms with Gasteiger partial charge in [0.05, 0.1) is 28.7 Å². The molecular formula is C41H26N2O2Pt. The van der Waals surface area contributed by atoms with Crippen LogP contribution in [0.3, 0.4) is 0 Å². The Balaban J connectivity index is 0.00000312. The van der Waals surface area contributed by atoms with Crippen molar-refractivity contribution in [1.82, 2.24) is 4.98 Å². The summed E-state index contributed by atoms with van der Waals surface area (Å²) in [5.41, 5.74) is 11.6. The van der Waals surface area contributed by atoms with E-state index >= 15 is 0 Å². The third-order valence-electron chi connectivity index (χ3n) is 9.36. The van der Waals surface area contributed by atoms with Crippen molar-refractivity contribution in [3.63, 3.8) is 0 Å². The normalized spacial score (nSPS) is 13.3. The molecule has 1 aromatic heterocycles. The van der Waals surface area contributed by atoms with Crippen LogP contribution < -0.4 is 0 Å². The Kier molecular flexibility index (Phi) is 6.52. The van der Waals surface area contributed by atoms with Gasteiger partial charge in [0.15, 0.2) is 0 Å². The zero-order chi connectivity index (χ0) is 30.1. The number of fused-ring (bicyclic) bond motifs is 11. The fourth-order valence-electron chi connectivity index (χ4n) is 7.55. The Labute approximate surface area is 280 Å². The summed E-state index contributed by atoms with van der Waals surface area (Å²) in [5.74, 6) is 0.371. The zero-order valence-electron chi connectivity index (χ0n) is 24.5. The van der Waals surface area contributed by atoms with Gasteiger partial charge in [-0.15, -0.1) is 0 Å². The minimum Gasteiger partial charge on any atom is -0.507 e. The molecule has 0 unspecified atom stereocenters. The Morgan fingerprint density at radius 1 is 0.522 bits per heavy atom. The molecule has 4 nitrogen and oxygen atoms in total. The molecule has 1 spiro atoms. The minimum absolute atomic E-state index is 0. The molecular weight excluding hydrogens is 748 g/mol. The summed E-state index contributed by atoms with van der Waals surface area (Å²) >= 11 is 0. The van der Waals surface area contributed by atoms with Gasteiger partial charge in [0, 0.05) is 32.0 Å². The van der Waals surface area contributed by atoms with Crippen LogP contribution in [0.5, 0.6) is 11.5 Å². The first-order valence-electron chi connectivity index (χ1n) is 15.0. The van der Waals surface area contributed by atoms with E-state index < -0.39 is 5.41 Å². The molecule has 0 saturated carbocycles. The summed E-state index contributed by atoms with van der Waals surface area (Å²) in [7, 11) is 0. The van der Waals surface area contributed by atoms with Crippen LogP contribution in [0.25, 0.3) is 44.3 Å². The van der Waals surface area contributed by atoms with Crippen LogP contribution in [-0.2, 0) is 26.5 Å². The number of phenols is 2. The number of phenolic OH excluding ortho intramolecular Hbond substituents is 2. The van der Waals surface area contributed by atoms with E-state index in [1.54, 1.807) is 12.3 Å². The number of aromatic nitrogens is 1. The van der Waals surface area contributed by atoms with Gasteiger partial charge < -0.3 is 10.2 Å². The Hall–Kier alpha value is -5.31. The second kappa shape index (κ2) is 10.6. The fourth-order valence-corrected chi connectivity index (χ4v) is 7.55. The van der Waals surface area contributed by atoms with Gasteiger partial charge in [0.2, 0.25) is 0 Å². The van der Waals surface area contributed by atoms with Crippen LogP contribution in [0.4, 0.5) is 5.69 Å². The number of hydrogen-bond donors (Lipinski definition) is 2. The van der Waals surface area contributed by atoms with Gasteiger partial charge in [-0.3, -0.25) is 4.99 Å². The van der Waals surface area contributed by atoms with Crippen molar-refractivity contribution in [2.75, 3.05) is 0 Å². The van der Waals surface area contributed by atoms with Gasteiger partial charge >= 0.3 is 0 Å². The van der Waals surface area contributed by atoms with Crippen molar-refractivity contribution in [1.29, 1.82) is 0 Å². The molecule has 9 rings (SSSR count). The Bertz CT molecular complexity index is 2330. The Morgan fingerprint density at radius 3 is 1.78 bits per heavy atom. The fraction of sp³-hybridized carbons (Fsp3) is 0.0244. The molecule has 6 aromatic carbocycles. The average molecular weight is 774 g/mol. The van der Waals surface area contributed by atoms with Gasteiger partial charge in [0.25, 0.3) is 0 Å². The van der Waals surface area contributed by atoms with Gasteiger partial charge in [-0.1, -0.05) is 103 Å². The molecule has 2 aliphatic carbocycles. The molecule has 0 atom stereocenters. The number of benzene rings is 6. The van der Waals surface area contributed by atoms with E-state index in [-0.39, 0.29) is 32.6 Å². The smallest absolute Gasteiger partial charge is 0.125 e. The minimum atomic E-state index is -0.503. The molecule has 0 bridgehead atoms. The van der Waals surface area contributed by atoms with Crippen LogP contribution >= 0.6 is 0 Å². The second-order valence-electron chi connectivity index (χ2n) is 11.7. The molecule has 5 heteroatoms. The van der Waals surface area contributed by atoms with Crippen molar-refractivity contribution in [3.05, 3.63) is 167 Å². The monoisotopic (exact) mass is 773 g/mol. The molecule has 46 heavy (non-hydrogen) atoms. The number of aromatic hydroxyl groups is 2. The third kappa shape index (κ3) is 3.90. The molecule has 222 valence electrons. The second-order valence-corrected chi connectivity index (χ2v) is 11.7. The maximum absolute atomic E-state index is 11.5. The van der Waals surface area contributed by atoms with Gasteiger partial charge in [-0.05, 0) is 86.3 Å². The van der Waals surface area contributed by atoms with Gasteiger partial charge in [0.1, 0.15) is 11.5 Å². The van der Waals surface area contributed by atoms with Crippen molar-refractivity contribution >= 4 is 22.7 Å². The van der Waals surface area contributed by atoms with Crippen LogP contribution in [0.1, 0.15) is 27.9 Å². The molecule has 0 radical (unpaired) electrons. The van der Waals surface area contributed by atoms with E-state index in [1.807, 2.05) is 54.6 Å². The quantitative estimate of drug-likeness (QED) is 0.176. The zero-order valence-corrected chi connectivity index (χ0v) is 26.7. The maximum Gasteiger partial charge on any atom is 0.125 e. The molecule has 0 saturated heterocycles. The summed E-state index contributed by atoms with van der Waals surface area (Å²) in [6, 6.07) is 46.9. The largest absolute Gasteiger partial charge is 0.507 e. The number of rotatable bonds is 3. The summed E-state index contributed by atoms with van der Waals surface area (Å²) in [6.45, 7) is 0. The predicted octanol–water partition coefficient (Wildman–Crippen LogP) is 9.40. The van der Waals surface area contributed by atoms with E-state index in [2.05, 4.69) is 78.9 Å². The van der Waals surface area contributed by atoms with E-state index in [0.717, 1.165) is 22.1 Å². The van der Waals surface area contributed by atoms with Crippen molar-refractivity contribution in [2.24, 2.45) is 4.99 Å². The number of aliphatic imine (C=N–C) groups is 1. The van der Waals surface area contributed by atoms with E-state index in [9.17, 15) is 10.2 Å². The van der Waals surface area contributed by atoms with E-state index in [1.165, 1.54) is 27.8 Å². The number of nitrogens with zero attached hydrogens (tertiary/aromatic N) is 2. The van der Waals surface area contributed by atoms with Crippen LogP contribution in [0.2, 0.25) is 0 Å². The molecule has 0 aliphatic heterocycles. The summed E-state index contributed by atoms with van der Waals surface area (Å²) in [5, 5.41) is 23.6.